The van der Waals surface area contributed by atoms with Gasteiger partial charge in [-0.05, 0) is 50.3 Å². The number of benzene rings is 1. The van der Waals surface area contributed by atoms with Crippen molar-refractivity contribution < 1.29 is 19.4 Å². The minimum Gasteiger partial charge on any atom is -0.508 e. The molecule has 2 amide bonds. The number of allylic oxidation sites excluding steroid dienone is 1. The maximum Gasteiger partial charge on any atom is 0.338 e. The smallest absolute Gasteiger partial charge is 0.338 e. The van der Waals surface area contributed by atoms with Crippen molar-refractivity contribution in [1.29, 1.82) is 0 Å². The minimum atomic E-state index is -0.637. The van der Waals surface area contributed by atoms with Crippen molar-refractivity contribution in [2.45, 2.75) is 51.2 Å². The number of hydrogen-bond acceptors (Lipinski definition) is 4. The zero-order valence-electron chi connectivity index (χ0n) is 13.7. The fourth-order valence-electron chi connectivity index (χ4n) is 3.32. The van der Waals surface area contributed by atoms with E-state index in [1.54, 1.807) is 25.1 Å². The Balaban J connectivity index is 1.87. The van der Waals surface area contributed by atoms with Crippen molar-refractivity contribution >= 4 is 12.0 Å². The lowest BCUT2D eigenvalue weighted by atomic mass is 9.94. The lowest BCUT2D eigenvalue weighted by Crippen LogP contribution is -2.45. The number of phenolic OH excluding ortho intramolecular Hbond substituents is 1. The van der Waals surface area contributed by atoms with Crippen LogP contribution in [0.2, 0.25) is 0 Å². The third-order valence-corrected chi connectivity index (χ3v) is 4.52. The van der Waals surface area contributed by atoms with Crippen molar-refractivity contribution in [3.8, 4) is 5.75 Å². The standard InChI is InChI=1S/C18H22N2O4/c1-11-15(17(22)24-14-8-3-2-4-9-14)16(20-18(23)19-11)12-6-5-7-13(21)10-12/h5-7,10,14,16,21H,2-4,8-9H2,1H3,(H2,19,20,23)/t16-/m0/s1. The Morgan fingerprint density at radius 2 is 2.00 bits per heavy atom. The maximum absolute atomic E-state index is 12.7. The molecular formula is C18H22N2O4. The van der Waals surface area contributed by atoms with E-state index in [2.05, 4.69) is 10.6 Å². The largest absolute Gasteiger partial charge is 0.508 e. The molecular weight excluding hydrogens is 308 g/mol. The monoisotopic (exact) mass is 330 g/mol. The van der Waals surface area contributed by atoms with E-state index in [-0.39, 0.29) is 17.9 Å². The Kier molecular flexibility index (Phi) is 4.74. The number of amides is 2. The van der Waals surface area contributed by atoms with Gasteiger partial charge in [-0.15, -0.1) is 0 Å². The predicted octanol–water partition coefficient (Wildman–Crippen LogP) is 2.90. The summed E-state index contributed by atoms with van der Waals surface area (Å²) in [6, 6.07) is 5.51. The van der Waals surface area contributed by atoms with Crippen LogP contribution >= 0.6 is 0 Å². The molecule has 3 N–H and O–H groups in total. The highest BCUT2D eigenvalue weighted by Crippen LogP contribution is 2.30. The van der Waals surface area contributed by atoms with Crippen molar-refractivity contribution in [1.82, 2.24) is 10.6 Å². The highest BCUT2D eigenvalue weighted by atomic mass is 16.5. The summed E-state index contributed by atoms with van der Waals surface area (Å²) >= 11 is 0. The molecule has 0 radical (unpaired) electrons. The van der Waals surface area contributed by atoms with Crippen LogP contribution in [0.25, 0.3) is 0 Å². The average Bonchev–Trinajstić information content (AvgIpc) is 2.55. The van der Waals surface area contributed by atoms with Gasteiger partial charge in [-0.3, -0.25) is 0 Å². The van der Waals surface area contributed by atoms with Crippen molar-refractivity contribution in [2.24, 2.45) is 0 Å². The summed E-state index contributed by atoms with van der Waals surface area (Å²) in [7, 11) is 0. The van der Waals surface area contributed by atoms with Crippen molar-refractivity contribution in [3.05, 3.63) is 41.1 Å². The Morgan fingerprint density at radius 1 is 1.25 bits per heavy atom. The summed E-state index contributed by atoms with van der Waals surface area (Å²) in [5.41, 5.74) is 1.50. The summed E-state index contributed by atoms with van der Waals surface area (Å²) in [6.45, 7) is 1.69. The molecule has 6 nitrogen and oxygen atoms in total. The van der Waals surface area contributed by atoms with E-state index < -0.39 is 12.0 Å². The van der Waals surface area contributed by atoms with Crippen LogP contribution in [-0.4, -0.2) is 23.2 Å². The molecule has 0 saturated heterocycles. The van der Waals surface area contributed by atoms with Crippen molar-refractivity contribution in [3.63, 3.8) is 0 Å². The van der Waals surface area contributed by atoms with Gasteiger partial charge in [0.2, 0.25) is 0 Å². The van der Waals surface area contributed by atoms with Gasteiger partial charge in [0.15, 0.2) is 0 Å². The molecule has 128 valence electrons. The lowest BCUT2D eigenvalue weighted by Gasteiger charge is -2.30. The molecule has 1 aromatic carbocycles. The first-order valence-electron chi connectivity index (χ1n) is 8.33. The summed E-state index contributed by atoms with van der Waals surface area (Å²) in [4.78, 5) is 24.5. The zero-order chi connectivity index (χ0) is 17.1. The molecule has 3 rings (SSSR count). The number of carbonyl (C=O) groups is 2. The molecule has 1 aliphatic carbocycles. The topological polar surface area (TPSA) is 87.7 Å². The first kappa shape index (κ1) is 16.4. The Hall–Kier alpha value is -2.50. The van der Waals surface area contributed by atoms with Crippen molar-refractivity contribution in [2.75, 3.05) is 0 Å². The first-order chi connectivity index (χ1) is 11.5. The third kappa shape index (κ3) is 3.53. The lowest BCUT2D eigenvalue weighted by molar-refractivity contribution is -0.146. The number of aromatic hydroxyl groups is 1. The van der Waals surface area contributed by atoms with E-state index in [1.165, 1.54) is 12.5 Å². The average molecular weight is 330 g/mol. The molecule has 6 heteroatoms. The van der Waals surface area contributed by atoms with E-state index in [0.29, 0.717) is 16.8 Å². The molecule has 1 atom stereocenters. The highest BCUT2D eigenvalue weighted by Gasteiger charge is 2.33. The van der Waals surface area contributed by atoms with Gasteiger partial charge in [-0.25, -0.2) is 9.59 Å². The normalized spacial score (nSPS) is 21.9. The highest BCUT2D eigenvalue weighted by molar-refractivity contribution is 5.95. The van der Waals surface area contributed by atoms with Gasteiger partial charge in [-0.1, -0.05) is 18.6 Å². The number of phenols is 1. The van der Waals surface area contributed by atoms with Crippen LogP contribution in [0.15, 0.2) is 35.5 Å². The van der Waals surface area contributed by atoms with Gasteiger partial charge in [0.1, 0.15) is 11.9 Å². The second kappa shape index (κ2) is 6.95. The zero-order valence-corrected chi connectivity index (χ0v) is 13.7. The third-order valence-electron chi connectivity index (χ3n) is 4.52. The van der Waals surface area contributed by atoms with Gasteiger partial charge >= 0.3 is 12.0 Å². The van der Waals surface area contributed by atoms with Crippen LogP contribution in [0, 0.1) is 0 Å². The van der Waals surface area contributed by atoms with Gasteiger partial charge in [-0.2, -0.15) is 0 Å². The van der Waals surface area contributed by atoms with E-state index in [4.69, 9.17) is 4.74 Å². The summed E-state index contributed by atoms with van der Waals surface area (Å²) < 4.78 is 5.67. The van der Waals surface area contributed by atoms with Gasteiger partial charge in [0.05, 0.1) is 11.6 Å². The van der Waals surface area contributed by atoms with Gasteiger partial charge in [0, 0.05) is 5.70 Å². The molecule has 1 heterocycles. The Bertz CT molecular complexity index is 677. The summed E-state index contributed by atoms with van der Waals surface area (Å²) in [5.74, 6) is -0.335. The first-order valence-corrected chi connectivity index (χ1v) is 8.33. The molecule has 0 spiro atoms. The van der Waals surface area contributed by atoms with Crippen LogP contribution in [0.4, 0.5) is 4.79 Å². The van der Waals surface area contributed by atoms with E-state index in [1.807, 2.05) is 0 Å². The van der Waals surface area contributed by atoms with E-state index >= 15 is 0 Å². The summed E-state index contributed by atoms with van der Waals surface area (Å²) in [5, 5.41) is 15.1. The molecule has 1 fully saturated rings. The molecule has 1 aromatic rings. The number of carbonyl (C=O) groups excluding carboxylic acids is 2. The number of nitrogens with one attached hydrogen (secondary N) is 2. The van der Waals surface area contributed by atoms with Crippen LogP contribution in [0.3, 0.4) is 0 Å². The number of rotatable bonds is 3. The fourth-order valence-corrected chi connectivity index (χ4v) is 3.32. The molecule has 0 aromatic heterocycles. The minimum absolute atomic E-state index is 0.0611. The number of hydrogen-bond donors (Lipinski definition) is 3. The van der Waals surface area contributed by atoms with Crippen LogP contribution < -0.4 is 10.6 Å². The van der Waals surface area contributed by atoms with Gasteiger partial charge in [0.25, 0.3) is 0 Å². The molecule has 2 aliphatic rings. The maximum atomic E-state index is 12.7. The molecule has 24 heavy (non-hydrogen) atoms. The van der Waals surface area contributed by atoms with Crippen LogP contribution in [-0.2, 0) is 9.53 Å². The second-order valence-electron chi connectivity index (χ2n) is 6.33. The second-order valence-corrected chi connectivity index (χ2v) is 6.33. The number of urea groups is 1. The Morgan fingerprint density at radius 3 is 2.71 bits per heavy atom. The van der Waals surface area contributed by atoms with Crippen LogP contribution in [0.1, 0.15) is 50.6 Å². The van der Waals surface area contributed by atoms with E-state index in [9.17, 15) is 14.7 Å². The molecule has 1 saturated carbocycles. The SMILES string of the molecule is CC1=C(C(=O)OC2CCCCC2)[C@H](c2cccc(O)c2)NC(=O)N1. The number of ether oxygens (including phenoxy) is 1. The van der Waals surface area contributed by atoms with Crippen LogP contribution in [0.5, 0.6) is 5.75 Å². The predicted molar refractivity (Wildman–Crippen MR) is 88.2 cm³/mol. The molecule has 0 unspecified atom stereocenters. The Labute approximate surface area is 140 Å². The van der Waals surface area contributed by atoms with Gasteiger partial charge < -0.3 is 20.5 Å². The number of esters is 1. The van der Waals surface area contributed by atoms with E-state index in [0.717, 1.165) is 25.7 Å². The fraction of sp³-hybridized carbons (Fsp3) is 0.444. The summed E-state index contributed by atoms with van der Waals surface area (Å²) in [6.07, 6.45) is 5.03. The molecule has 0 bridgehead atoms. The molecule has 1 aliphatic heterocycles. The quantitative estimate of drug-likeness (QED) is 0.744.